The molecule has 8 heteroatoms. The topological polar surface area (TPSA) is 84.5 Å². The van der Waals surface area contributed by atoms with E-state index in [4.69, 9.17) is 27.6 Å². The van der Waals surface area contributed by atoms with E-state index in [2.05, 4.69) is 5.32 Å². The van der Waals surface area contributed by atoms with Gasteiger partial charge < -0.3 is 14.1 Å². The molecular formula is C15H10Cl2N2O4. The van der Waals surface area contributed by atoms with Gasteiger partial charge in [-0.1, -0.05) is 29.3 Å². The molecule has 1 aromatic carbocycles. The van der Waals surface area contributed by atoms with E-state index in [0.717, 1.165) is 5.56 Å². The molecule has 6 nitrogen and oxygen atoms in total. The average Bonchev–Trinajstić information content (AvgIpc) is 3.03. The maximum absolute atomic E-state index is 11.3. The largest absolute Gasteiger partial charge is 0.477 e. The zero-order valence-corrected chi connectivity index (χ0v) is 13.1. The van der Waals surface area contributed by atoms with E-state index in [-0.39, 0.29) is 17.0 Å². The highest BCUT2D eigenvalue weighted by molar-refractivity contribution is 6.42. The number of furan rings is 1. The molecule has 0 aliphatic carbocycles. The quantitative estimate of drug-likeness (QED) is 0.683. The number of benzene rings is 1. The number of hydrogen-bond donors (Lipinski definition) is 2. The smallest absolute Gasteiger partial charge is 0.341 e. The highest BCUT2D eigenvalue weighted by Crippen LogP contribution is 2.29. The first-order valence-electron chi connectivity index (χ1n) is 6.49. The molecule has 1 amide bonds. The van der Waals surface area contributed by atoms with Gasteiger partial charge in [0.05, 0.1) is 15.6 Å². The number of aromatic nitrogens is 1. The van der Waals surface area contributed by atoms with Gasteiger partial charge in [0.2, 0.25) is 12.3 Å². The van der Waals surface area contributed by atoms with Crippen molar-refractivity contribution < 1.29 is 19.1 Å². The lowest BCUT2D eigenvalue weighted by Crippen LogP contribution is -1.99. The Kier molecular flexibility index (Phi) is 4.02. The number of carbonyl (C=O) groups excluding carboxylic acids is 1. The van der Waals surface area contributed by atoms with Crippen molar-refractivity contribution >= 4 is 52.6 Å². The number of carboxylic acid groups (broad SMARTS) is 1. The molecule has 0 bridgehead atoms. The van der Waals surface area contributed by atoms with Gasteiger partial charge in [0.15, 0.2) is 5.58 Å². The van der Waals surface area contributed by atoms with Crippen LogP contribution >= 0.6 is 23.2 Å². The molecule has 0 fully saturated rings. The van der Waals surface area contributed by atoms with Gasteiger partial charge in [-0.15, -0.1) is 0 Å². The average molecular weight is 353 g/mol. The van der Waals surface area contributed by atoms with E-state index in [1.54, 1.807) is 28.8 Å². The lowest BCUT2D eigenvalue weighted by Gasteiger charge is -2.05. The van der Waals surface area contributed by atoms with Gasteiger partial charge in [-0.2, -0.15) is 0 Å². The van der Waals surface area contributed by atoms with Crippen molar-refractivity contribution in [1.29, 1.82) is 0 Å². The van der Waals surface area contributed by atoms with Gasteiger partial charge in [-0.05, 0) is 17.7 Å². The van der Waals surface area contributed by atoms with Crippen molar-refractivity contribution in [3.05, 3.63) is 51.6 Å². The summed E-state index contributed by atoms with van der Waals surface area (Å²) in [5.74, 6) is -0.939. The molecule has 0 radical (unpaired) electrons. The number of carbonyl (C=O) groups is 2. The molecule has 3 aromatic rings. The fraction of sp³-hybridized carbons (Fsp3) is 0.0667. The Balaban J connectivity index is 2.06. The molecule has 0 spiro atoms. The summed E-state index contributed by atoms with van der Waals surface area (Å²) in [4.78, 5) is 21.9. The minimum absolute atomic E-state index is 0.0130. The summed E-state index contributed by atoms with van der Waals surface area (Å²) in [6.07, 6.45) is 1.94. The van der Waals surface area contributed by atoms with Gasteiger partial charge in [0.25, 0.3) is 0 Å². The van der Waals surface area contributed by atoms with Gasteiger partial charge in [0, 0.05) is 18.8 Å². The standard InChI is InChI=1S/C15H10Cl2N2O4/c16-10-2-1-8(3-11(10)17)5-19-6-9(15(21)22)14-12(19)4-13(23-14)18-7-20/h1-4,6-7H,5H2,(H,18,20)(H,21,22). The highest BCUT2D eigenvalue weighted by atomic mass is 35.5. The van der Waals surface area contributed by atoms with Crippen molar-refractivity contribution in [3.63, 3.8) is 0 Å². The molecule has 2 heterocycles. The van der Waals surface area contributed by atoms with Crippen LogP contribution in [0.5, 0.6) is 0 Å². The van der Waals surface area contributed by atoms with E-state index in [9.17, 15) is 14.7 Å². The van der Waals surface area contributed by atoms with Crippen molar-refractivity contribution in [2.75, 3.05) is 5.32 Å². The maximum Gasteiger partial charge on any atom is 0.341 e. The van der Waals surface area contributed by atoms with Crippen molar-refractivity contribution in [2.24, 2.45) is 0 Å². The Bertz CT molecular complexity index is 914. The Morgan fingerprint density at radius 1 is 1.30 bits per heavy atom. The molecular weight excluding hydrogens is 343 g/mol. The van der Waals surface area contributed by atoms with Gasteiger partial charge in [0.1, 0.15) is 5.56 Å². The predicted molar refractivity (Wildman–Crippen MR) is 86.4 cm³/mol. The van der Waals surface area contributed by atoms with Gasteiger partial charge in [-0.25, -0.2) is 4.79 Å². The molecule has 0 saturated carbocycles. The maximum atomic E-state index is 11.3. The third-order valence-corrected chi connectivity index (χ3v) is 4.06. The summed E-state index contributed by atoms with van der Waals surface area (Å²) < 4.78 is 7.08. The number of fused-ring (bicyclic) bond motifs is 1. The molecule has 0 unspecified atom stereocenters. The van der Waals surface area contributed by atoms with E-state index < -0.39 is 5.97 Å². The fourth-order valence-electron chi connectivity index (χ4n) is 2.32. The van der Waals surface area contributed by atoms with E-state index in [1.807, 2.05) is 0 Å². The lowest BCUT2D eigenvalue weighted by molar-refractivity contribution is -0.105. The monoisotopic (exact) mass is 352 g/mol. The number of nitrogens with one attached hydrogen (secondary N) is 1. The zero-order valence-electron chi connectivity index (χ0n) is 11.5. The second-order valence-corrected chi connectivity index (χ2v) is 5.63. The number of halogens is 2. The molecule has 0 aliphatic rings. The Morgan fingerprint density at radius 2 is 2.09 bits per heavy atom. The van der Waals surface area contributed by atoms with Crippen LogP contribution < -0.4 is 5.32 Å². The number of aromatic carboxylic acids is 1. The number of anilines is 1. The summed E-state index contributed by atoms with van der Waals surface area (Å²) in [5.41, 5.74) is 1.61. The Hall–Kier alpha value is -2.44. The minimum atomic E-state index is -1.12. The van der Waals surface area contributed by atoms with Crippen LogP contribution in [0.1, 0.15) is 15.9 Å². The van der Waals surface area contributed by atoms with E-state index >= 15 is 0 Å². The van der Waals surface area contributed by atoms with Crippen molar-refractivity contribution in [1.82, 2.24) is 4.57 Å². The van der Waals surface area contributed by atoms with Crippen LogP contribution in [0.15, 0.2) is 34.9 Å². The number of amides is 1. The second kappa shape index (κ2) is 5.98. The first-order valence-corrected chi connectivity index (χ1v) is 7.25. The van der Waals surface area contributed by atoms with Crippen LogP contribution in [0.2, 0.25) is 10.0 Å². The van der Waals surface area contributed by atoms with Crippen molar-refractivity contribution in [2.45, 2.75) is 6.54 Å². The minimum Gasteiger partial charge on any atom is -0.477 e. The molecule has 2 aromatic heterocycles. The Labute approximate surface area is 140 Å². The molecule has 118 valence electrons. The number of rotatable bonds is 5. The summed E-state index contributed by atoms with van der Waals surface area (Å²) in [6.45, 7) is 0.376. The van der Waals surface area contributed by atoms with Crippen LogP contribution in [-0.4, -0.2) is 22.1 Å². The van der Waals surface area contributed by atoms with Crippen LogP contribution in [0.25, 0.3) is 11.1 Å². The number of nitrogens with zero attached hydrogens (tertiary/aromatic N) is 1. The molecule has 0 aliphatic heterocycles. The first kappa shape index (κ1) is 15.5. The zero-order chi connectivity index (χ0) is 16.6. The summed E-state index contributed by atoms with van der Waals surface area (Å²) in [6, 6.07) is 6.74. The third kappa shape index (κ3) is 2.91. The highest BCUT2D eigenvalue weighted by Gasteiger charge is 2.19. The van der Waals surface area contributed by atoms with Crippen molar-refractivity contribution in [3.8, 4) is 0 Å². The van der Waals surface area contributed by atoms with Gasteiger partial charge >= 0.3 is 5.97 Å². The normalized spacial score (nSPS) is 10.9. The van der Waals surface area contributed by atoms with Crippen LogP contribution in [0.3, 0.4) is 0 Å². The SMILES string of the molecule is O=CNc1cc2c(o1)c(C(=O)O)cn2Cc1ccc(Cl)c(Cl)c1. The van der Waals surface area contributed by atoms with E-state index in [1.165, 1.54) is 6.20 Å². The number of carboxylic acids is 1. The first-order chi connectivity index (χ1) is 11.0. The summed E-state index contributed by atoms with van der Waals surface area (Å²) >= 11 is 11.9. The fourth-order valence-corrected chi connectivity index (χ4v) is 2.64. The molecule has 23 heavy (non-hydrogen) atoms. The summed E-state index contributed by atoms with van der Waals surface area (Å²) in [7, 11) is 0. The van der Waals surface area contributed by atoms with Crippen LogP contribution in [-0.2, 0) is 11.3 Å². The second-order valence-electron chi connectivity index (χ2n) is 4.81. The Morgan fingerprint density at radius 3 is 2.74 bits per heavy atom. The molecule has 0 saturated heterocycles. The van der Waals surface area contributed by atoms with Gasteiger partial charge in [-0.3, -0.25) is 10.1 Å². The summed E-state index contributed by atoms with van der Waals surface area (Å²) in [5, 5.41) is 12.5. The van der Waals surface area contributed by atoms with E-state index in [0.29, 0.717) is 28.5 Å². The molecule has 3 rings (SSSR count). The molecule has 2 N–H and O–H groups in total. The molecule has 0 atom stereocenters. The lowest BCUT2D eigenvalue weighted by atomic mass is 10.2. The number of hydrogen-bond acceptors (Lipinski definition) is 3. The third-order valence-electron chi connectivity index (χ3n) is 3.32. The predicted octanol–water partition coefficient (Wildman–Crippen LogP) is 3.86. The van der Waals surface area contributed by atoms with Crippen LogP contribution in [0, 0.1) is 0 Å². The van der Waals surface area contributed by atoms with Crippen LogP contribution in [0.4, 0.5) is 5.88 Å².